The predicted molar refractivity (Wildman–Crippen MR) is 153 cm³/mol. The Hall–Kier alpha value is -2.55. The van der Waals surface area contributed by atoms with Crippen LogP contribution in [-0.4, -0.2) is 55.8 Å². The second-order valence-electron chi connectivity index (χ2n) is 8.53. The Labute approximate surface area is 230 Å². The molecule has 0 heterocycles. The molecule has 0 aliphatic rings. The van der Waals surface area contributed by atoms with E-state index in [4.69, 9.17) is 9.47 Å². The molecule has 0 aromatic heterocycles. The maximum Gasteiger partial charge on any atom is 0.249 e. The molecular weight excluding hydrogens is 508 g/mol. The van der Waals surface area contributed by atoms with Gasteiger partial charge in [0.1, 0.15) is 11.9 Å². The summed E-state index contributed by atoms with van der Waals surface area (Å²) in [6, 6.07) is 27.3. The van der Waals surface area contributed by atoms with Crippen LogP contribution in [0.5, 0.6) is 5.75 Å². The molecule has 200 valence electrons. The first-order chi connectivity index (χ1) is 17.6. The highest BCUT2D eigenvalue weighted by molar-refractivity contribution is 7.99. The number of halogens is 1. The first-order valence-corrected chi connectivity index (χ1v) is 13.1. The molecule has 3 aromatic rings. The molecule has 8 heteroatoms. The standard InChI is InChI=1S/C29H36N2O4S.ClH/c1-34-24-13-9-12-23(18-24)20-30-21-27(32)26(19-22-10-5-3-6-11-22)31-29(33)28(35-2)16-17-36-25-14-7-4-8-15-25;/h3-15,18,26-28,30,32H,16-17,19-21H2,1-2H3,(H,31,33);1H/t26-,27-,28?;/m0./s1. The number of aliphatic hydroxyl groups is 1. The molecule has 1 amide bonds. The number of methoxy groups -OCH3 is 2. The SMILES string of the molecule is COc1cccc(CNC[C@H](O)[C@H](Cc2ccccc2)NC(=O)C(CCSc2ccccc2)OC)c1.Cl. The Morgan fingerprint density at radius 1 is 0.946 bits per heavy atom. The highest BCUT2D eigenvalue weighted by atomic mass is 35.5. The molecule has 0 radical (unpaired) electrons. The minimum Gasteiger partial charge on any atom is -0.497 e. The van der Waals surface area contributed by atoms with Crippen LogP contribution in [0.3, 0.4) is 0 Å². The highest BCUT2D eigenvalue weighted by Gasteiger charge is 2.26. The van der Waals surface area contributed by atoms with Crippen molar-refractivity contribution in [2.75, 3.05) is 26.5 Å². The number of hydrogen-bond acceptors (Lipinski definition) is 6. The number of hydrogen-bond donors (Lipinski definition) is 3. The Balaban J connectivity index is 0.00000481. The molecule has 6 nitrogen and oxygen atoms in total. The topological polar surface area (TPSA) is 79.8 Å². The zero-order valence-electron chi connectivity index (χ0n) is 21.3. The van der Waals surface area contributed by atoms with E-state index in [1.54, 1.807) is 26.0 Å². The lowest BCUT2D eigenvalue weighted by Crippen LogP contribution is -2.51. The fraction of sp³-hybridized carbons (Fsp3) is 0.345. The van der Waals surface area contributed by atoms with E-state index >= 15 is 0 Å². The average Bonchev–Trinajstić information content (AvgIpc) is 2.92. The van der Waals surface area contributed by atoms with Crippen molar-refractivity contribution >= 4 is 30.1 Å². The van der Waals surface area contributed by atoms with Gasteiger partial charge in [-0.15, -0.1) is 24.2 Å². The van der Waals surface area contributed by atoms with E-state index in [1.165, 1.54) is 0 Å². The lowest BCUT2D eigenvalue weighted by Gasteiger charge is -2.27. The van der Waals surface area contributed by atoms with Gasteiger partial charge in [-0.1, -0.05) is 60.7 Å². The summed E-state index contributed by atoms with van der Waals surface area (Å²) in [7, 11) is 3.19. The summed E-state index contributed by atoms with van der Waals surface area (Å²) in [6.45, 7) is 0.911. The van der Waals surface area contributed by atoms with Crippen molar-refractivity contribution in [3.63, 3.8) is 0 Å². The van der Waals surface area contributed by atoms with Crippen LogP contribution in [0.1, 0.15) is 17.5 Å². The molecular formula is C29H37ClN2O4S. The molecule has 37 heavy (non-hydrogen) atoms. The molecule has 0 spiro atoms. The Morgan fingerprint density at radius 2 is 1.62 bits per heavy atom. The largest absolute Gasteiger partial charge is 0.497 e. The van der Waals surface area contributed by atoms with Crippen LogP contribution >= 0.6 is 24.2 Å². The number of carbonyl (C=O) groups excluding carboxylic acids is 1. The first kappa shape index (κ1) is 30.7. The normalized spacial score (nSPS) is 13.2. The Morgan fingerprint density at radius 3 is 2.30 bits per heavy atom. The Kier molecular flexibility index (Phi) is 14.1. The van der Waals surface area contributed by atoms with Crippen molar-refractivity contribution in [2.24, 2.45) is 0 Å². The number of carbonyl (C=O) groups is 1. The second-order valence-corrected chi connectivity index (χ2v) is 9.70. The maximum atomic E-state index is 13.1. The van der Waals surface area contributed by atoms with E-state index in [0.717, 1.165) is 27.5 Å². The van der Waals surface area contributed by atoms with Gasteiger partial charge in [-0.25, -0.2) is 0 Å². The minimum atomic E-state index is -0.782. The molecule has 0 saturated heterocycles. The predicted octanol–water partition coefficient (Wildman–Crippen LogP) is 4.49. The molecule has 1 unspecified atom stereocenters. The monoisotopic (exact) mass is 544 g/mol. The zero-order chi connectivity index (χ0) is 25.6. The summed E-state index contributed by atoms with van der Waals surface area (Å²) in [5, 5.41) is 17.4. The number of ether oxygens (including phenoxy) is 2. The van der Waals surface area contributed by atoms with Crippen LogP contribution in [0.15, 0.2) is 89.8 Å². The van der Waals surface area contributed by atoms with E-state index in [2.05, 4.69) is 22.8 Å². The number of thioether (sulfide) groups is 1. The summed E-state index contributed by atoms with van der Waals surface area (Å²) in [6.07, 6.45) is -0.277. The van der Waals surface area contributed by atoms with Crippen LogP contribution in [0.25, 0.3) is 0 Å². The molecule has 0 aliphatic carbocycles. The summed E-state index contributed by atoms with van der Waals surface area (Å²) in [5.74, 6) is 1.34. The van der Waals surface area contributed by atoms with Crippen molar-refractivity contribution in [3.05, 3.63) is 96.1 Å². The maximum absolute atomic E-state index is 13.1. The molecule has 3 atom stereocenters. The quantitative estimate of drug-likeness (QED) is 0.245. The number of aliphatic hydroxyl groups excluding tert-OH is 1. The summed E-state index contributed by atoms with van der Waals surface area (Å²) >= 11 is 1.69. The number of benzene rings is 3. The third-order valence-corrected chi connectivity index (χ3v) is 6.92. The summed E-state index contributed by atoms with van der Waals surface area (Å²) < 4.78 is 10.8. The van der Waals surface area contributed by atoms with E-state index in [-0.39, 0.29) is 18.3 Å². The van der Waals surface area contributed by atoms with Gasteiger partial charge >= 0.3 is 0 Å². The molecule has 0 saturated carbocycles. The van der Waals surface area contributed by atoms with Crippen molar-refractivity contribution in [1.82, 2.24) is 10.6 Å². The first-order valence-electron chi connectivity index (χ1n) is 12.2. The van der Waals surface area contributed by atoms with Crippen molar-refractivity contribution < 1.29 is 19.4 Å². The lowest BCUT2D eigenvalue weighted by molar-refractivity contribution is -0.132. The molecule has 3 rings (SSSR count). The zero-order valence-corrected chi connectivity index (χ0v) is 23.0. The number of rotatable bonds is 15. The smallest absolute Gasteiger partial charge is 0.249 e. The van der Waals surface area contributed by atoms with Gasteiger partial charge in [0.2, 0.25) is 5.91 Å². The van der Waals surface area contributed by atoms with E-state index in [0.29, 0.717) is 25.9 Å². The summed E-state index contributed by atoms with van der Waals surface area (Å²) in [4.78, 5) is 14.3. The van der Waals surface area contributed by atoms with Gasteiger partial charge < -0.3 is 25.2 Å². The van der Waals surface area contributed by atoms with Gasteiger partial charge in [0.25, 0.3) is 0 Å². The van der Waals surface area contributed by atoms with Crippen molar-refractivity contribution in [3.8, 4) is 5.75 Å². The van der Waals surface area contributed by atoms with E-state index in [1.807, 2.05) is 72.8 Å². The highest BCUT2D eigenvalue weighted by Crippen LogP contribution is 2.19. The summed E-state index contributed by atoms with van der Waals surface area (Å²) in [5.41, 5.74) is 2.10. The van der Waals surface area contributed by atoms with Crippen LogP contribution in [0.4, 0.5) is 0 Å². The fourth-order valence-electron chi connectivity index (χ4n) is 3.87. The van der Waals surface area contributed by atoms with Crippen LogP contribution < -0.4 is 15.4 Å². The van der Waals surface area contributed by atoms with Crippen LogP contribution in [0, 0.1) is 0 Å². The molecule has 3 N–H and O–H groups in total. The van der Waals surface area contributed by atoms with Crippen LogP contribution in [-0.2, 0) is 22.5 Å². The van der Waals surface area contributed by atoms with E-state index in [9.17, 15) is 9.90 Å². The van der Waals surface area contributed by atoms with Gasteiger partial charge in [0.05, 0.1) is 19.3 Å². The molecule has 0 fully saturated rings. The van der Waals surface area contributed by atoms with Crippen molar-refractivity contribution in [1.29, 1.82) is 0 Å². The molecule has 3 aromatic carbocycles. The lowest BCUT2D eigenvalue weighted by atomic mass is 10.0. The average molecular weight is 545 g/mol. The Bertz CT molecular complexity index is 1040. The van der Waals surface area contributed by atoms with Gasteiger partial charge in [0.15, 0.2) is 0 Å². The third-order valence-electron chi connectivity index (χ3n) is 5.88. The number of amides is 1. The van der Waals surface area contributed by atoms with Gasteiger partial charge in [-0.3, -0.25) is 4.79 Å². The van der Waals surface area contributed by atoms with Crippen molar-refractivity contribution in [2.45, 2.75) is 42.5 Å². The van der Waals surface area contributed by atoms with Gasteiger partial charge in [-0.05, 0) is 48.2 Å². The van der Waals surface area contributed by atoms with E-state index < -0.39 is 18.2 Å². The number of nitrogens with one attached hydrogen (secondary N) is 2. The third kappa shape index (κ3) is 10.8. The molecule has 0 aliphatic heterocycles. The second kappa shape index (κ2) is 17.1. The van der Waals surface area contributed by atoms with Crippen LogP contribution in [0.2, 0.25) is 0 Å². The van der Waals surface area contributed by atoms with Gasteiger partial charge in [-0.2, -0.15) is 0 Å². The molecule has 0 bridgehead atoms. The van der Waals surface area contributed by atoms with Gasteiger partial charge in [0, 0.05) is 30.8 Å². The fourth-order valence-corrected chi connectivity index (χ4v) is 4.79. The minimum absolute atomic E-state index is 0.